The maximum atomic E-state index is 11.4. The van der Waals surface area contributed by atoms with Gasteiger partial charge in [-0.3, -0.25) is 0 Å². The molecule has 0 fully saturated rings. The summed E-state index contributed by atoms with van der Waals surface area (Å²) in [5.74, 6) is -0.0757. The van der Waals surface area contributed by atoms with Gasteiger partial charge in [-0.2, -0.15) is 0 Å². The number of aliphatic hydroxyl groups excluding tert-OH is 1. The first-order valence-corrected chi connectivity index (χ1v) is 12.4. The van der Waals surface area contributed by atoms with Gasteiger partial charge < -0.3 is 19.1 Å². The molecule has 26 heavy (non-hydrogen) atoms. The van der Waals surface area contributed by atoms with E-state index in [1.807, 2.05) is 37.3 Å². The summed E-state index contributed by atoms with van der Waals surface area (Å²) in [6.07, 6.45) is -0.146. The van der Waals surface area contributed by atoms with Crippen molar-refractivity contribution in [2.75, 3.05) is 0 Å². The van der Waals surface area contributed by atoms with Crippen LogP contribution in [0.25, 0.3) is 0 Å². The van der Waals surface area contributed by atoms with Crippen LogP contribution in [0.15, 0.2) is 30.3 Å². The first kappa shape index (κ1) is 23.0. The standard InChI is InChI=1S/C21H36O4Si/c1-6-26(7-2,8-3)25-18(5)14-17(4)21(23)20(15-22)24-16-19-12-10-9-11-13-19/h9-13,15,17-18,20-21,23H,6-8,14,16H2,1-5H3/t17-,18-,20+,21-/m1/s1. The largest absolute Gasteiger partial charge is 0.414 e. The molecule has 1 aromatic carbocycles. The fourth-order valence-corrected chi connectivity index (χ4v) is 6.40. The molecule has 0 amide bonds. The highest BCUT2D eigenvalue weighted by Crippen LogP contribution is 2.26. The Labute approximate surface area is 160 Å². The third kappa shape index (κ3) is 6.95. The molecule has 148 valence electrons. The summed E-state index contributed by atoms with van der Waals surface area (Å²) in [5, 5.41) is 10.6. The summed E-state index contributed by atoms with van der Waals surface area (Å²) in [6, 6.07) is 13.0. The van der Waals surface area contributed by atoms with Gasteiger partial charge in [0.05, 0.1) is 12.7 Å². The van der Waals surface area contributed by atoms with Crippen LogP contribution >= 0.6 is 0 Å². The van der Waals surface area contributed by atoms with Crippen molar-refractivity contribution in [1.29, 1.82) is 0 Å². The number of rotatable bonds is 13. The van der Waals surface area contributed by atoms with Crippen LogP contribution in [0, 0.1) is 5.92 Å². The van der Waals surface area contributed by atoms with Gasteiger partial charge >= 0.3 is 0 Å². The van der Waals surface area contributed by atoms with E-state index in [0.29, 0.717) is 12.9 Å². The molecule has 5 heteroatoms. The number of carbonyl (C=O) groups is 1. The first-order valence-electron chi connectivity index (χ1n) is 9.88. The number of hydrogen-bond donors (Lipinski definition) is 1. The molecule has 1 rings (SSSR count). The maximum absolute atomic E-state index is 11.4. The van der Waals surface area contributed by atoms with Gasteiger partial charge in [-0.15, -0.1) is 0 Å². The van der Waals surface area contributed by atoms with Crippen LogP contribution in [0.2, 0.25) is 18.1 Å². The van der Waals surface area contributed by atoms with E-state index in [1.165, 1.54) is 0 Å². The summed E-state index contributed by atoms with van der Waals surface area (Å²) in [4.78, 5) is 11.4. The average molecular weight is 381 g/mol. The fourth-order valence-electron chi connectivity index (χ4n) is 3.45. The van der Waals surface area contributed by atoms with Gasteiger partial charge in [0, 0.05) is 6.10 Å². The van der Waals surface area contributed by atoms with Gasteiger partial charge in [0.15, 0.2) is 14.6 Å². The number of ether oxygens (including phenoxy) is 1. The first-order chi connectivity index (χ1) is 12.4. The van der Waals surface area contributed by atoms with E-state index in [2.05, 4.69) is 27.7 Å². The van der Waals surface area contributed by atoms with E-state index in [-0.39, 0.29) is 12.0 Å². The second kappa shape index (κ2) is 11.6. The van der Waals surface area contributed by atoms with E-state index in [4.69, 9.17) is 9.16 Å². The smallest absolute Gasteiger partial charge is 0.192 e. The minimum Gasteiger partial charge on any atom is -0.414 e. The molecule has 0 heterocycles. The number of carbonyl (C=O) groups excluding carboxylic acids is 1. The van der Waals surface area contributed by atoms with Crippen LogP contribution in [0.5, 0.6) is 0 Å². The molecular formula is C21H36O4Si. The van der Waals surface area contributed by atoms with Gasteiger partial charge in [-0.25, -0.2) is 0 Å². The Morgan fingerprint density at radius 2 is 1.65 bits per heavy atom. The van der Waals surface area contributed by atoms with Crippen LogP contribution in [-0.2, 0) is 20.6 Å². The van der Waals surface area contributed by atoms with E-state index in [9.17, 15) is 9.90 Å². The van der Waals surface area contributed by atoms with E-state index in [1.54, 1.807) is 0 Å². The van der Waals surface area contributed by atoms with Crippen molar-refractivity contribution in [2.45, 2.75) is 84.1 Å². The number of aliphatic hydroxyl groups is 1. The Morgan fingerprint density at radius 3 is 2.15 bits per heavy atom. The predicted molar refractivity (Wildman–Crippen MR) is 109 cm³/mol. The van der Waals surface area contributed by atoms with Gasteiger partial charge in [0.1, 0.15) is 6.10 Å². The Kier molecular flexibility index (Phi) is 10.3. The molecule has 0 saturated carbocycles. The molecule has 1 aromatic rings. The minimum absolute atomic E-state index is 0.0757. The number of hydrogen-bond acceptors (Lipinski definition) is 4. The Morgan fingerprint density at radius 1 is 1.08 bits per heavy atom. The topological polar surface area (TPSA) is 55.8 Å². The third-order valence-electron chi connectivity index (χ3n) is 5.43. The van der Waals surface area contributed by atoms with E-state index in [0.717, 1.165) is 30.1 Å². The van der Waals surface area contributed by atoms with E-state index >= 15 is 0 Å². The summed E-state index contributed by atoms with van der Waals surface area (Å²) in [5.41, 5.74) is 0.987. The molecule has 0 aliphatic heterocycles. The van der Waals surface area contributed by atoms with Crippen LogP contribution in [0.4, 0.5) is 0 Å². The highest BCUT2D eigenvalue weighted by atomic mass is 28.4. The van der Waals surface area contributed by atoms with Gasteiger partial charge in [-0.1, -0.05) is 58.0 Å². The lowest BCUT2D eigenvalue weighted by Gasteiger charge is -2.34. The van der Waals surface area contributed by atoms with Crippen LogP contribution in [0.1, 0.15) is 46.6 Å². The second-order valence-corrected chi connectivity index (χ2v) is 12.0. The number of aldehydes is 1. The van der Waals surface area contributed by atoms with Crippen molar-refractivity contribution >= 4 is 14.6 Å². The molecule has 4 nitrogen and oxygen atoms in total. The normalized spacial score (nSPS) is 16.7. The highest BCUT2D eigenvalue weighted by molar-refractivity contribution is 6.73. The fraction of sp³-hybridized carbons (Fsp3) is 0.667. The summed E-state index contributed by atoms with van der Waals surface area (Å²) in [7, 11) is -1.66. The zero-order valence-electron chi connectivity index (χ0n) is 17.0. The quantitative estimate of drug-likeness (QED) is 0.402. The molecule has 0 spiro atoms. The van der Waals surface area contributed by atoms with Gasteiger partial charge in [0.2, 0.25) is 0 Å². The molecule has 0 radical (unpaired) electrons. The summed E-state index contributed by atoms with van der Waals surface area (Å²) >= 11 is 0. The molecule has 4 atom stereocenters. The summed E-state index contributed by atoms with van der Waals surface area (Å²) in [6.45, 7) is 11.0. The molecule has 0 aliphatic carbocycles. The summed E-state index contributed by atoms with van der Waals surface area (Å²) < 4.78 is 12.1. The monoisotopic (exact) mass is 380 g/mol. The van der Waals surface area contributed by atoms with Crippen molar-refractivity contribution in [3.05, 3.63) is 35.9 Å². The van der Waals surface area contributed by atoms with Crippen molar-refractivity contribution in [3.8, 4) is 0 Å². The lowest BCUT2D eigenvalue weighted by molar-refractivity contribution is -0.130. The number of benzene rings is 1. The lowest BCUT2D eigenvalue weighted by Crippen LogP contribution is -2.41. The van der Waals surface area contributed by atoms with Crippen LogP contribution < -0.4 is 0 Å². The van der Waals surface area contributed by atoms with Crippen molar-refractivity contribution in [1.82, 2.24) is 0 Å². The van der Waals surface area contributed by atoms with Crippen molar-refractivity contribution < 1.29 is 19.1 Å². The van der Waals surface area contributed by atoms with E-state index < -0.39 is 20.5 Å². The average Bonchev–Trinajstić information content (AvgIpc) is 2.67. The Hall–Kier alpha value is -1.01. The molecule has 0 saturated heterocycles. The maximum Gasteiger partial charge on any atom is 0.192 e. The van der Waals surface area contributed by atoms with Crippen molar-refractivity contribution in [2.24, 2.45) is 5.92 Å². The van der Waals surface area contributed by atoms with Crippen LogP contribution in [-0.4, -0.2) is 38.0 Å². The minimum atomic E-state index is -1.66. The Balaban J connectivity index is 2.57. The molecule has 0 bridgehead atoms. The van der Waals surface area contributed by atoms with Gasteiger partial charge in [0.25, 0.3) is 0 Å². The van der Waals surface area contributed by atoms with Crippen molar-refractivity contribution in [3.63, 3.8) is 0 Å². The molecule has 1 N–H and O–H groups in total. The zero-order valence-corrected chi connectivity index (χ0v) is 18.0. The molecule has 0 unspecified atom stereocenters. The molecule has 0 aliphatic rings. The lowest BCUT2D eigenvalue weighted by atomic mass is 9.94. The second-order valence-electron chi connectivity index (χ2n) is 7.27. The zero-order chi connectivity index (χ0) is 19.6. The van der Waals surface area contributed by atoms with Crippen LogP contribution in [0.3, 0.4) is 0 Å². The molecular weight excluding hydrogens is 344 g/mol. The predicted octanol–water partition coefficient (Wildman–Crippen LogP) is 4.57. The van der Waals surface area contributed by atoms with Gasteiger partial charge in [-0.05, 0) is 43.0 Å². The molecule has 0 aromatic heterocycles. The third-order valence-corrected chi connectivity index (χ3v) is 10.2. The highest BCUT2D eigenvalue weighted by Gasteiger charge is 2.33. The SMILES string of the molecule is CC[Si](CC)(CC)O[C@H](C)C[C@@H](C)[C@@H](O)[C@H](C=O)OCc1ccccc1. The Bertz CT molecular complexity index is 496.